The minimum Gasteiger partial charge on any atom is -0.378 e. The number of fused-ring (bicyclic) bond motifs is 1. The molecule has 98 valence electrons. The predicted molar refractivity (Wildman–Crippen MR) is 71.8 cm³/mol. The van der Waals surface area contributed by atoms with Crippen LogP contribution in [-0.4, -0.2) is 34.4 Å². The van der Waals surface area contributed by atoms with Gasteiger partial charge >= 0.3 is 0 Å². The number of nitrogens with two attached hydrogens (primary N) is 1. The third-order valence-corrected chi connectivity index (χ3v) is 4.48. The van der Waals surface area contributed by atoms with E-state index in [1.54, 1.807) is 31.3 Å². The van der Waals surface area contributed by atoms with Gasteiger partial charge in [-0.05, 0) is 6.07 Å². The summed E-state index contributed by atoms with van der Waals surface area (Å²) in [7, 11) is 1.56. The molecule has 0 unspecified atom stereocenters. The number of likely N-dealkylation sites (N-methyl/N-ethyl adjacent to an activating group) is 1. The summed E-state index contributed by atoms with van der Waals surface area (Å²) in [5.74, 6) is -1.12. The molecule has 1 aromatic carbocycles. The molecule has 0 spiro atoms. The normalized spacial score (nSPS) is 29.7. The molecule has 7 heteroatoms. The second-order valence-electron chi connectivity index (χ2n) is 4.43. The summed E-state index contributed by atoms with van der Waals surface area (Å²) in [5, 5.41) is 9.86. The third kappa shape index (κ3) is 1.45. The zero-order valence-corrected chi connectivity index (χ0v) is 10.8. The molecule has 19 heavy (non-hydrogen) atoms. The van der Waals surface area contributed by atoms with E-state index in [4.69, 9.17) is 5.73 Å². The molecule has 0 aliphatic carbocycles. The fourth-order valence-electron chi connectivity index (χ4n) is 2.45. The molecule has 0 aromatic heterocycles. The number of aliphatic hydroxyl groups is 1. The predicted octanol–water partition coefficient (Wildman–Crippen LogP) is -0.193. The Balaban J connectivity index is 2.15. The van der Waals surface area contributed by atoms with E-state index < -0.39 is 22.7 Å². The third-order valence-electron chi connectivity index (χ3n) is 3.37. The monoisotopic (exact) mass is 277 g/mol. The van der Waals surface area contributed by atoms with Crippen molar-refractivity contribution in [1.29, 1.82) is 0 Å². The number of amidine groups is 1. The second-order valence-corrected chi connectivity index (χ2v) is 5.56. The first-order valence-electron chi connectivity index (χ1n) is 5.61. The minimum absolute atomic E-state index is 0.0725. The molecule has 3 N–H and O–H groups in total. The van der Waals surface area contributed by atoms with Crippen molar-refractivity contribution in [2.45, 2.75) is 10.9 Å². The molecule has 0 saturated heterocycles. The van der Waals surface area contributed by atoms with Gasteiger partial charge in [-0.25, -0.2) is 0 Å². The summed E-state index contributed by atoms with van der Waals surface area (Å²) in [6, 6.07) is 6.84. The van der Waals surface area contributed by atoms with Gasteiger partial charge in [-0.15, -0.1) is 0 Å². The smallest absolute Gasteiger partial charge is 0.265 e. The average Bonchev–Trinajstić information content (AvgIpc) is 2.83. The zero-order chi connectivity index (χ0) is 13.8. The van der Waals surface area contributed by atoms with Crippen LogP contribution < -0.4 is 10.6 Å². The van der Waals surface area contributed by atoms with Gasteiger partial charge in [0.25, 0.3) is 11.8 Å². The van der Waals surface area contributed by atoms with E-state index in [0.29, 0.717) is 11.3 Å². The van der Waals surface area contributed by atoms with Gasteiger partial charge in [0.15, 0.2) is 10.8 Å². The number of thioether (sulfide) groups is 1. The summed E-state index contributed by atoms with van der Waals surface area (Å²) >= 11 is 0.920. The topological polar surface area (TPSA) is 96.0 Å². The highest BCUT2D eigenvalue weighted by Gasteiger charge is 2.58. The van der Waals surface area contributed by atoms with E-state index in [0.717, 1.165) is 11.8 Å². The maximum atomic E-state index is 12.3. The number of amides is 2. The molecule has 2 amide bonds. The largest absolute Gasteiger partial charge is 0.378 e. The van der Waals surface area contributed by atoms with Gasteiger partial charge in [-0.3, -0.25) is 9.59 Å². The summed E-state index contributed by atoms with van der Waals surface area (Å²) in [4.78, 5) is 29.1. The van der Waals surface area contributed by atoms with E-state index >= 15 is 0 Å². The molecule has 2 aliphatic rings. The van der Waals surface area contributed by atoms with E-state index in [2.05, 4.69) is 4.99 Å². The highest BCUT2D eigenvalue weighted by molar-refractivity contribution is 8.15. The standard InChI is InChI=1S/C12H11N3O3S/c1-15-7-5-3-2-4-6(7)12(18,10(15)17)8-9(16)14-11(13)19-8/h2-5,8,18H,1H3,(H2,13,14,16)/t8-,12-/m1/s1. The molecule has 0 radical (unpaired) electrons. The molecule has 2 atom stereocenters. The first-order chi connectivity index (χ1) is 8.96. The maximum absolute atomic E-state index is 12.3. The van der Waals surface area contributed by atoms with Crippen molar-refractivity contribution in [3.63, 3.8) is 0 Å². The first kappa shape index (κ1) is 12.2. The van der Waals surface area contributed by atoms with Crippen LogP contribution in [0.15, 0.2) is 29.3 Å². The van der Waals surface area contributed by atoms with Crippen molar-refractivity contribution < 1.29 is 14.7 Å². The van der Waals surface area contributed by atoms with Crippen molar-refractivity contribution in [1.82, 2.24) is 0 Å². The van der Waals surface area contributed by atoms with Crippen LogP contribution in [0.3, 0.4) is 0 Å². The Morgan fingerprint density at radius 3 is 2.74 bits per heavy atom. The van der Waals surface area contributed by atoms with E-state index in [-0.39, 0.29) is 5.17 Å². The molecule has 0 saturated carbocycles. The summed E-state index contributed by atoms with van der Waals surface area (Å²) in [5.41, 5.74) is 4.60. The van der Waals surface area contributed by atoms with Gasteiger partial charge < -0.3 is 15.7 Å². The van der Waals surface area contributed by atoms with Crippen LogP contribution in [-0.2, 0) is 15.2 Å². The maximum Gasteiger partial charge on any atom is 0.265 e. The van der Waals surface area contributed by atoms with Crippen molar-refractivity contribution in [2.24, 2.45) is 10.7 Å². The molecule has 0 bridgehead atoms. The molecule has 6 nitrogen and oxygen atoms in total. The Kier molecular flexibility index (Phi) is 2.45. The Morgan fingerprint density at radius 2 is 2.11 bits per heavy atom. The number of para-hydroxylation sites is 1. The summed E-state index contributed by atoms with van der Waals surface area (Å²) in [6.45, 7) is 0. The molecular weight excluding hydrogens is 266 g/mol. The van der Waals surface area contributed by atoms with Gasteiger partial charge in [0.05, 0.1) is 5.69 Å². The van der Waals surface area contributed by atoms with Crippen molar-refractivity contribution in [3.8, 4) is 0 Å². The fourth-order valence-corrected chi connectivity index (χ4v) is 3.39. The minimum atomic E-state index is -1.91. The number of carbonyl (C=O) groups is 2. The lowest BCUT2D eigenvalue weighted by Gasteiger charge is -2.25. The van der Waals surface area contributed by atoms with Crippen LogP contribution in [0.1, 0.15) is 5.56 Å². The second kappa shape index (κ2) is 3.82. The Hall–Kier alpha value is -1.86. The number of anilines is 1. The van der Waals surface area contributed by atoms with Gasteiger partial charge in [0.2, 0.25) is 0 Å². The number of hydrogen-bond donors (Lipinski definition) is 2. The van der Waals surface area contributed by atoms with Crippen LogP contribution in [0.4, 0.5) is 5.69 Å². The molecule has 2 aliphatic heterocycles. The Labute approximate surface area is 113 Å². The van der Waals surface area contributed by atoms with Gasteiger partial charge in [-0.1, -0.05) is 30.0 Å². The zero-order valence-electron chi connectivity index (χ0n) is 10.0. The van der Waals surface area contributed by atoms with Crippen LogP contribution in [0.5, 0.6) is 0 Å². The average molecular weight is 277 g/mol. The molecular formula is C12H11N3O3S. The van der Waals surface area contributed by atoms with Gasteiger partial charge in [0.1, 0.15) is 5.25 Å². The number of rotatable bonds is 1. The number of aliphatic imine (C=N–C) groups is 1. The van der Waals surface area contributed by atoms with Crippen LogP contribution >= 0.6 is 11.8 Å². The molecule has 3 rings (SSSR count). The van der Waals surface area contributed by atoms with E-state index in [1.807, 2.05) is 0 Å². The number of carbonyl (C=O) groups excluding carboxylic acids is 2. The lowest BCUT2D eigenvalue weighted by atomic mass is 9.91. The van der Waals surface area contributed by atoms with Crippen molar-refractivity contribution >= 4 is 34.4 Å². The van der Waals surface area contributed by atoms with Crippen LogP contribution in [0.2, 0.25) is 0 Å². The van der Waals surface area contributed by atoms with Crippen LogP contribution in [0.25, 0.3) is 0 Å². The first-order valence-corrected chi connectivity index (χ1v) is 6.49. The Morgan fingerprint density at radius 1 is 1.42 bits per heavy atom. The van der Waals surface area contributed by atoms with Crippen molar-refractivity contribution in [3.05, 3.63) is 29.8 Å². The van der Waals surface area contributed by atoms with Gasteiger partial charge in [0, 0.05) is 12.6 Å². The van der Waals surface area contributed by atoms with E-state index in [9.17, 15) is 14.7 Å². The molecule has 2 heterocycles. The van der Waals surface area contributed by atoms with Gasteiger partial charge in [-0.2, -0.15) is 4.99 Å². The summed E-state index contributed by atoms with van der Waals surface area (Å²) < 4.78 is 0. The summed E-state index contributed by atoms with van der Waals surface area (Å²) in [6.07, 6.45) is 0. The van der Waals surface area contributed by atoms with Crippen molar-refractivity contribution in [2.75, 3.05) is 11.9 Å². The highest BCUT2D eigenvalue weighted by Crippen LogP contribution is 2.46. The van der Waals surface area contributed by atoms with E-state index in [1.165, 1.54) is 4.90 Å². The Bertz CT molecular complexity index is 630. The SMILES string of the molecule is CN1C(=O)[C@](O)([C@@H]2SC(N)=NC2=O)c2ccccc21. The van der Waals surface area contributed by atoms with Crippen LogP contribution in [0, 0.1) is 0 Å². The fraction of sp³-hybridized carbons (Fsp3) is 0.250. The number of nitrogens with zero attached hydrogens (tertiary/aromatic N) is 2. The number of hydrogen-bond acceptors (Lipinski definition) is 5. The quantitative estimate of drug-likeness (QED) is 0.741. The number of benzene rings is 1. The molecule has 0 fully saturated rings. The lowest BCUT2D eigenvalue weighted by Crippen LogP contribution is -2.48. The molecule has 1 aromatic rings. The lowest BCUT2D eigenvalue weighted by molar-refractivity contribution is -0.140. The highest BCUT2D eigenvalue weighted by atomic mass is 32.2.